The van der Waals surface area contributed by atoms with Gasteiger partial charge in [-0.1, -0.05) is 58.7 Å². The number of rotatable bonds is 3. The first-order chi connectivity index (χ1) is 26.8. The number of aryl methyl sites for hydroxylation is 4. The van der Waals surface area contributed by atoms with Gasteiger partial charge < -0.3 is 9.13 Å². The van der Waals surface area contributed by atoms with E-state index in [0.29, 0.717) is 5.69 Å². The summed E-state index contributed by atoms with van der Waals surface area (Å²) in [5, 5.41) is 9.23. The van der Waals surface area contributed by atoms with Crippen LogP contribution in [0.1, 0.15) is 22.3 Å². The maximum absolute atomic E-state index is 14.0. The van der Waals surface area contributed by atoms with Crippen LogP contribution in [0.2, 0.25) is 0 Å². The van der Waals surface area contributed by atoms with Gasteiger partial charge in [-0.15, -0.1) is 0 Å². The third-order valence-corrected chi connectivity index (χ3v) is 11.4. The summed E-state index contributed by atoms with van der Waals surface area (Å²) in [6.07, 6.45) is 1.82. The molecule has 3 aromatic heterocycles. The number of hydrogen-bond donors (Lipinski definition) is 0. The van der Waals surface area contributed by atoms with Crippen molar-refractivity contribution in [3.8, 4) is 22.6 Å². The van der Waals surface area contributed by atoms with Crippen LogP contribution in [-0.2, 0) is 0 Å². The average Bonchev–Trinajstić information content (AvgIpc) is 3.68. The lowest BCUT2D eigenvalue weighted by molar-refractivity contribution is 0.628. The molecule has 4 nitrogen and oxygen atoms in total. The van der Waals surface area contributed by atoms with Crippen molar-refractivity contribution in [1.29, 1.82) is 0 Å². The van der Waals surface area contributed by atoms with Crippen molar-refractivity contribution in [2.45, 2.75) is 27.7 Å². The smallest absolute Gasteiger partial charge is 0.123 e. The lowest BCUT2D eigenvalue weighted by atomic mass is 9.98. The largest absolute Gasteiger partial charge is 0.309 e. The fourth-order valence-electron chi connectivity index (χ4n) is 8.80. The van der Waals surface area contributed by atoms with Gasteiger partial charge in [-0.05, 0) is 136 Å². The van der Waals surface area contributed by atoms with Crippen LogP contribution in [0.25, 0.3) is 98.8 Å². The summed E-state index contributed by atoms with van der Waals surface area (Å²) >= 11 is 0. The predicted octanol–water partition coefficient (Wildman–Crippen LogP) is 13.2. The molecule has 0 aliphatic rings. The minimum absolute atomic E-state index is 0.280. The minimum atomic E-state index is -0.280. The van der Waals surface area contributed by atoms with Crippen LogP contribution in [0, 0.1) is 33.5 Å². The zero-order chi connectivity index (χ0) is 37.1. The Bertz CT molecular complexity index is 3300. The van der Waals surface area contributed by atoms with Crippen molar-refractivity contribution in [2.24, 2.45) is 0 Å². The Morgan fingerprint density at radius 3 is 1.25 bits per heavy atom. The van der Waals surface area contributed by atoms with Gasteiger partial charge in [0.1, 0.15) is 5.82 Å². The first-order valence-corrected chi connectivity index (χ1v) is 18.7. The Hall–Kier alpha value is -6.85. The van der Waals surface area contributed by atoms with Gasteiger partial charge >= 0.3 is 0 Å². The molecule has 11 rings (SSSR count). The Labute approximate surface area is 316 Å². The average molecular weight is 711 g/mol. The maximum Gasteiger partial charge on any atom is 0.123 e. The van der Waals surface area contributed by atoms with Gasteiger partial charge in [-0.3, -0.25) is 4.98 Å². The molecule has 0 saturated heterocycles. The summed E-state index contributed by atoms with van der Waals surface area (Å²) in [6.45, 7) is 8.60. The van der Waals surface area contributed by atoms with Crippen molar-refractivity contribution in [3.63, 3.8) is 0 Å². The monoisotopic (exact) mass is 710 g/mol. The zero-order valence-electron chi connectivity index (χ0n) is 30.9. The number of benzene rings is 8. The van der Waals surface area contributed by atoms with Crippen LogP contribution in [0.3, 0.4) is 0 Å². The van der Waals surface area contributed by atoms with E-state index in [1.165, 1.54) is 67.0 Å². The zero-order valence-corrected chi connectivity index (χ0v) is 30.9. The molecule has 0 atom stereocenters. The van der Waals surface area contributed by atoms with Crippen molar-refractivity contribution < 1.29 is 4.39 Å². The summed E-state index contributed by atoms with van der Waals surface area (Å²) in [5.41, 5.74) is 14.9. The van der Waals surface area contributed by atoms with E-state index in [2.05, 4.69) is 146 Å². The van der Waals surface area contributed by atoms with Gasteiger partial charge in [0.05, 0.1) is 45.0 Å². The molecule has 11 aromatic rings. The van der Waals surface area contributed by atoms with Crippen molar-refractivity contribution in [1.82, 2.24) is 19.1 Å². The van der Waals surface area contributed by atoms with Crippen LogP contribution >= 0.6 is 0 Å². The van der Waals surface area contributed by atoms with E-state index >= 15 is 0 Å². The quantitative estimate of drug-likeness (QED) is 0.171. The highest BCUT2D eigenvalue weighted by Gasteiger charge is 2.19. The van der Waals surface area contributed by atoms with Gasteiger partial charge in [0, 0.05) is 49.3 Å². The van der Waals surface area contributed by atoms with Crippen LogP contribution in [0.5, 0.6) is 0 Å². The molecule has 0 fully saturated rings. The number of aromatic nitrogens is 4. The Morgan fingerprint density at radius 2 is 0.818 bits per heavy atom. The van der Waals surface area contributed by atoms with Crippen molar-refractivity contribution >= 4 is 76.2 Å². The van der Waals surface area contributed by atoms with Gasteiger partial charge in [0.15, 0.2) is 0 Å². The fourth-order valence-corrected chi connectivity index (χ4v) is 8.80. The van der Waals surface area contributed by atoms with Crippen molar-refractivity contribution in [2.75, 3.05) is 0 Å². The predicted molar refractivity (Wildman–Crippen MR) is 228 cm³/mol. The Balaban J connectivity index is 1.22. The van der Waals surface area contributed by atoms with Crippen LogP contribution in [0.15, 0.2) is 140 Å². The van der Waals surface area contributed by atoms with Gasteiger partial charge in [0.2, 0.25) is 0 Å². The van der Waals surface area contributed by atoms with Crippen LogP contribution < -0.4 is 0 Å². The number of fused-ring (bicyclic) bond motifs is 12. The lowest BCUT2D eigenvalue weighted by Gasteiger charge is -2.15. The highest BCUT2D eigenvalue weighted by molar-refractivity contribution is 6.24. The first kappa shape index (κ1) is 31.7. The van der Waals surface area contributed by atoms with E-state index < -0.39 is 0 Å². The normalized spacial score (nSPS) is 12.1. The fraction of sp³-hybridized carbons (Fsp3) is 0.0800. The van der Waals surface area contributed by atoms with E-state index in [1.807, 2.05) is 6.20 Å². The highest BCUT2D eigenvalue weighted by atomic mass is 19.1. The molecular weight excluding hydrogens is 676 g/mol. The Morgan fingerprint density at radius 1 is 0.400 bits per heavy atom. The van der Waals surface area contributed by atoms with Gasteiger partial charge in [-0.25, -0.2) is 9.37 Å². The number of halogens is 1. The van der Waals surface area contributed by atoms with E-state index in [-0.39, 0.29) is 5.82 Å². The molecule has 55 heavy (non-hydrogen) atoms. The third kappa shape index (κ3) is 4.76. The molecule has 0 spiro atoms. The van der Waals surface area contributed by atoms with E-state index in [1.54, 1.807) is 12.1 Å². The highest BCUT2D eigenvalue weighted by Crippen LogP contribution is 2.40. The van der Waals surface area contributed by atoms with Crippen LogP contribution in [0.4, 0.5) is 4.39 Å². The summed E-state index contributed by atoms with van der Waals surface area (Å²) in [6, 6.07) is 46.8. The second kappa shape index (κ2) is 11.6. The molecule has 262 valence electrons. The standard InChI is InChI=1S/C50H35FN4/c1-28-5-17-45-38(21-28)39-22-29(2)6-18-46(39)54(45)34-13-15-36-37-16-14-35(55-47-19-7-30(3)23-40(47)41-24-31(4)8-20-48(41)55)26-43(37)50-49(42(36)25-34)52-27-44(53-50)32-9-11-33(51)12-10-32/h5-27H,1-4H3. The minimum Gasteiger partial charge on any atom is -0.309 e. The van der Waals surface area contributed by atoms with Gasteiger partial charge in [0.25, 0.3) is 0 Å². The Kier molecular flexibility index (Phi) is 6.66. The summed E-state index contributed by atoms with van der Waals surface area (Å²) in [7, 11) is 0. The topological polar surface area (TPSA) is 35.6 Å². The maximum atomic E-state index is 14.0. The first-order valence-electron chi connectivity index (χ1n) is 18.7. The molecule has 0 bridgehead atoms. The number of hydrogen-bond acceptors (Lipinski definition) is 2. The molecule has 0 amide bonds. The lowest BCUT2D eigenvalue weighted by Crippen LogP contribution is -1.98. The summed E-state index contributed by atoms with van der Waals surface area (Å²) in [4.78, 5) is 10.5. The van der Waals surface area contributed by atoms with Gasteiger partial charge in [-0.2, -0.15) is 0 Å². The van der Waals surface area contributed by atoms with E-state index in [9.17, 15) is 4.39 Å². The third-order valence-electron chi connectivity index (χ3n) is 11.4. The second-order valence-corrected chi connectivity index (χ2v) is 15.2. The molecule has 0 N–H and O–H groups in total. The molecular formula is C50H35FN4. The molecule has 0 unspecified atom stereocenters. The van der Waals surface area contributed by atoms with Crippen LogP contribution in [-0.4, -0.2) is 19.1 Å². The molecule has 0 aliphatic heterocycles. The summed E-state index contributed by atoms with van der Waals surface area (Å²) in [5.74, 6) is -0.280. The molecule has 3 heterocycles. The SMILES string of the molecule is Cc1ccc2c(c1)c1cc(C)ccc1n2-c1ccc2c3ccc(-n4c5ccc(C)cc5c5cc(C)ccc54)cc3c3nc(-c4ccc(F)cc4)cnc3c2c1. The summed E-state index contributed by atoms with van der Waals surface area (Å²) < 4.78 is 18.8. The van der Waals surface area contributed by atoms with Crippen molar-refractivity contribution in [3.05, 3.63) is 168 Å². The molecule has 0 radical (unpaired) electrons. The number of nitrogens with zero attached hydrogens (tertiary/aromatic N) is 4. The van der Waals surface area contributed by atoms with E-state index in [4.69, 9.17) is 9.97 Å². The molecule has 5 heteroatoms. The van der Waals surface area contributed by atoms with E-state index in [0.717, 1.165) is 60.5 Å². The molecule has 0 saturated carbocycles. The molecule has 0 aliphatic carbocycles. The second-order valence-electron chi connectivity index (χ2n) is 15.2. The molecule has 8 aromatic carbocycles.